The number of ether oxygens (including phenoxy) is 3. The van der Waals surface area contributed by atoms with E-state index in [-0.39, 0.29) is 24.0 Å². The van der Waals surface area contributed by atoms with Crippen LogP contribution in [0.2, 0.25) is 0 Å². The number of Topliss-reactive ketones (excluding diaryl/α,β-unsaturated/α-hetero) is 1. The average Bonchev–Trinajstić information content (AvgIpc) is 3.44. The molecule has 1 amide bonds. The van der Waals surface area contributed by atoms with Crippen molar-refractivity contribution in [1.29, 1.82) is 0 Å². The molecule has 0 saturated carbocycles. The number of aliphatic hydroxyl groups excluding tert-OH is 1. The second-order valence-corrected chi connectivity index (χ2v) is 9.86. The third-order valence-corrected chi connectivity index (χ3v) is 7.04. The van der Waals surface area contributed by atoms with Gasteiger partial charge < -0.3 is 24.2 Å². The molecule has 5 rings (SSSR count). The van der Waals surface area contributed by atoms with Gasteiger partial charge in [-0.2, -0.15) is 0 Å². The molecular formula is C31H32N2O6. The number of hydrogen-bond acceptors (Lipinski definition) is 7. The second kappa shape index (κ2) is 11.2. The first kappa shape index (κ1) is 26.3. The number of likely N-dealkylation sites (tertiary alicyclic amines) is 1. The summed E-state index contributed by atoms with van der Waals surface area (Å²) in [5.74, 6) is 0.165. The lowest BCUT2D eigenvalue weighted by atomic mass is 9.94. The molecule has 1 aromatic heterocycles. The van der Waals surface area contributed by atoms with Gasteiger partial charge in [0.05, 0.1) is 25.3 Å². The summed E-state index contributed by atoms with van der Waals surface area (Å²) < 4.78 is 17.3. The third kappa shape index (κ3) is 5.19. The highest BCUT2D eigenvalue weighted by Gasteiger charge is 2.46. The van der Waals surface area contributed by atoms with E-state index in [1.165, 1.54) is 4.90 Å². The fraction of sp³-hybridized carbons (Fsp3) is 0.323. The van der Waals surface area contributed by atoms with Crippen LogP contribution in [-0.2, 0) is 22.6 Å². The van der Waals surface area contributed by atoms with Crippen LogP contribution in [0.15, 0.2) is 66.5 Å². The van der Waals surface area contributed by atoms with Crippen molar-refractivity contribution in [3.63, 3.8) is 0 Å². The van der Waals surface area contributed by atoms with Crippen LogP contribution in [0.25, 0.3) is 5.76 Å². The third-order valence-electron chi connectivity index (χ3n) is 7.04. The van der Waals surface area contributed by atoms with Gasteiger partial charge in [0.25, 0.3) is 11.7 Å². The molecule has 2 aliphatic rings. The van der Waals surface area contributed by atoms with E-state index in [1.807, 2.05) is 25.1 Å². The predicted molar refractivity (Wildman–Crippen MR) is 146 cm³/mol. The maximum absolute atomic E-state index is 13.5. The molecule has 2 atom stereocenters. The molecule has 8 nitrogen and oxygen atoms in total. The maximum atomic E-state index is 13.5. The van der Waals surface area contributed by atoms with E-state index in [1.54, 1.807) is 49.8 Å². The van der Waals surface area contributed by atoms with Crippen molar-refractivity contribution >= 4 is 17.4 Å². The lowest BCUT2D eigenvalue weighted by molar-refractivity contribution is -0.140. The van der Waals surface area contributed by atoms with Gasteiger partial charge in [0.1, 0.15) is 17.6 Å². The zero-order valence-electron chi connectivity index (χ0n) is 22.3. The van der Waals surface area contributed by atoms with Crippen LogP contribution in [-0.4, -0.2) is 46.5 Å². The van der Waals surface area contributed by atoms with Crippen molar-refractivity contribution < 1.29 is 28.9 Å². The number of pyridine rings is 1. The van der Waals surface area contributed by atoms with E-state index in [4.69, 9.17) is 14.2 Å². The average molecular weight is 529 g/mol. The molecule has 2 aliphatic heterocycles. The monoisotopic (exact) mass is 528 g/mol. The van der Waals surface area contributed by atoms with Gasteiger partial charge >= 0.3 is 0 Å². The zero-order chi connectivity index (χ0) is 27.5. The highest BCUT2D eigenvalue weighted by Crippen LogP contribution is 2.43. The van der Waals surface area contributed by atoms with Crippen molar-refractivity contribution in [2.45, 2.75) is 51.8 Å². The number of fused-ring (bicyclic) bond motifs is 1. The van der Waals surface area contributed by atoms with Gasteiger partial charge in [0, 0.05) is 30.9 Å². The lowest BCUT2D eigenvalue weighted by Gasteiger charge is -2.26. The Morgan fingerprint density at radius 3 is 2.74 bits per heavy atom. The van der Waals surface area contributed by atoms with Gasteiger partial charge in [-0.3, -0.25) is 14.6 Å². The van der Waals surface area contributed by atoms with E-state index in [2.05, 4.69) is 11.9 Å². The van der Waals surface area contributed by atoms with Crippen LogP contribution in [0.3, 0.4) is 0 Å². The molecule has 39 heavy (non-hydrogen) atoms. The molecule has 3 aromatic rings. The first-order valence-electron chi connectivity index (χ1n) is 13.2. The summed E-state index contributed by atoms with van der Waals surface area (Å²) >= 11 is 0. The largest absolute Gasteiger partial charge is 0.507 e. The van der Waals surface area contributed by atoms with Gasteiger partial charge in [0.15, 0.2) is 11.5 Å². The fourth-order valence-electron chi connectivity index (χ4n) is 5.10. The molecule has 0 unspecified atom stereocenters. The van der Waals surface area contributed by atoms with E-state index in [0.29, 0.717) is 35.7 Å². The first-order valence-corrected chi connectivity index (χ1v) is 13.2. The molecule has 0 radical (unpaired) electrons. The molecule has 2 aromatic carbocycles. The summed E-state index contributed by atoms with van der Waals surface area (Å²) in [6.45, 7) is 4.76. The Kier molecular flexibility index (Phi) is 7.54. The van der Waals surface area contributed by atoms with Crippen LogP contribution in [0.1, 0.15) is 55.0 Å². The number of methoxy groups -OCH3 is 1. The van der Waals surface area contributed by atoms with Crippen molar-refractivity contribution in [3.05, 3.63) is 88.8 Å². The fourth-order valence-corrected chi connectivity index (χ4v) is 5.10. The maximum Gasteiger partial charge on any atom is 0.295 e. The Hall–Kier alpha value is -4.33. The van der Waals surface area contributed by atoms with E-state index in [9.17, 15) is 14.7 Å². The van der Waals surface area contributed by atoms with Crippen LogP contribution in [0, 0.1) is 0 Å². The summed E-state index contributed by atoms with van der Waals surface area (Å²) in [6, 6.07) is 13.5. The molecule has 0 aliphatic carbocycles. The molecule has 0 bridgehead atoms. The number of aromatic nitrogens is 1. The Labute approximate surface area is 227 Å². The van der Waals surface area contributed by atoms with Crippen LogP contribution in [0.5, 0.6) is 17.2 Å². The minimum absolute atomic E-state index is 0.0255. The number of benzene rings is 2. The van der Waals surface area contributed by atoms with Crippen LogP contribution >= 0.6 is 0 Å². The number of carbonyl (C=O) groups is 2. The lowest BCUT2D eigenvalue weighted by Crippen LogP contribution is -2.29. The Morgan fingerprint density at radius 2 is 2.00 bits per heavy atom. The topological polar surface area (TPSA) is 98.2 Å². The van der Waals surface area contributed by atoms with Crippen LogP contribution in [0.4, 0.5) is 0 Å². The van der Waals surface area contributed by atoms with Crippen molar-refractivity contribution in [1.82, 2.24) is 9.88 Å². The Morgan fingerprint density at radius 1 is 1.15 bits per heavy atom. The van der Waals surface area contributed by atoms with Crippen molar-refractivity contribution in [2.24, 2.45) is 0 Å². The minimum atomic E-state index is -0.841. The van der Waals surface area contributed by atoms with Gasteiger partial charge in [-0.05, 0) is 66.4 Å². The summed E-state index contributed by atoms with van der Waals surface area (Å²) in [4.78, 5) is 32.5. The summed E-state index contributed by atoms with van der Waals surface area (Å²) in [7, 11) is 1.55. The number of amides is 1. The van der Waals surface area contributed by atoms with Gasteiger partial charge in [-0.1, -0.05) is 25.5 Å². The molecule has 1 N–H and O–H groups in total. The van der Waals surface area contributed by atoms with Gasteiger partial charge in [-0.15, -0.1) is 0 Å². The van der Waals surface area contributed by atoms with Crippen molar-refractivity contribution in [3.8, 4) is 17.2 Å². The number of rotatable bonds is 9. The molecule has 3 heterocycles. The standard InChI is InChI=1S/C31H32N2O6/c1-4-5-13-38-25-11-8-21(16-26(25)37-3)28-27(29(34)22-9-10-24-23(15-22)14-19(2)39-24)30(35)31(36)33(28)18-20-7-6-12-32-17-20/h6-12,15-17,19,28,34H,4-5,13-14,18H2,1-3H3/t19-,28+/m1/s1. The number of unbranched alkanes of at least 4 members (excludes halogenated alkanes) is 1. The number of hydrogen-bond donors (Lipinski definition) is 1. The molecule has 1 fully saturated rings. The zero-order valence-corrected chi connectivity index (χ0v) is 22.3. The van der Waals surface area contributed by atoms with E-state index >= 15 is 0 Å². The number of carbonyl (C=O) groups excluding carboxylic acids is 2. The minimum Gasteiger partial charge on any atom is -0.507 e. The first-order chi connectivity index (χ1) is 18.9. The van der Waals surface area contributed by atoms with E-state index in [0.717, 1.165) is 29.7 Å². The summed E-state index contributed by atoms with van der Waals surface area (Å²) in [5.41, 5.74) is 2.82. The number of aliphatic hydroxyl groups is 1. The highest BCUT2D eigenvalue weighted by atomic mass is 16.5. The summed E-state index contributed by atoms with van der Waals surface area (Å²) in [5, 5.41) is 11.5. The van der Waals surface area contributed by atoms with Gasteiger partial charge in [-0.25, -0.2) is 0 Å². The quantitative estimate of drug-likeness (QED) is 0.176. The molecule has 202 valence electrons. The summed E-state index contributed by atoms with van der Waals surface area (Å²) in [6.07, 6.45) is 5.94. The second-order valence-electron chi connectivity index (χ2n) is 9.86. The smallest absolute Gasteiger partial charge is 0.295 e. The molecule has 0 spiro atoms. The van der Waals surface area contributed by atoms with Gasteiger partial charge in [0.2, 0.25) is 0 Å². The molecule has 1 saturated heterocycles. The van der Waals surface area contributed by atoms with Crippen molar-refractivity contribution in [2.75, 3.05) is 13.7 Å². The highest BCUT2D eigenvalue weighted by molar-refractivity contribution is 6.46. The van der Waals surface area contributed by atoms with E-state index < -0.39 is 17.7 Å². The SMILES string of the molecule is CCCCOc1ccc([C@H]2C(=C(O)c3ccc4c(c3)C[C@@H](C)O4)C(=O)C(=O)N2Cc2cccnc2)cc1OC. The Bertz CT molecular complexity index is 1420. The Balaban J connectivity index is 1.60. The molecular weight excluding hydrogens is 496 g/mol. The number of ketones is 1. The normalized spacial score (nSPS) is 19.6. The van der Waals surface area contributed by atoms with Crippen LogP contribution < -0.4 is 14.2 Å². The number of nitrogens with zero attached hydrogens (tertiary/aromatic N) is 2. The predicted octanol–water partition coefficient (Wildman–Crippen LogP) is 5.21. The molecule has 8 heteroatoms.